The van der Waals surface area contributed by atoms with Gasteiger partial charge in [-0.1, -0.05) is 71.8 Å². The summed E-state index contributed by atoms with van der Waals surface area (Å²) in [6.45, 7) is 6.34. The largest absolute Gasteiger partial charge is 0.264 e. The van der Waals surface area contributed by atoms with Crippen LogP contribution >= 0.6 is 11.6 Å². The van der Waals surface area contributed by atoms with Gasteiger partial charge in [-0.2, -0.15) is 4.31 Å². The highest BCUT2D eigenvalue weighted by Crippen LogP contribution is 2.28. The summed E-state index contributed by atoms with van der Waals surface area (Å²) in [4.78, 5) is 4.57. The Morgan fingerprint density at radius 2 is 1.54 bits per heavy atom. The molecule has 35 heavy (non-hydrogen) atoms. The molecule has 0 fully saturated rings. The number of halogens is 1. The summed E-state index contributed by atoms with van der Waals surface area (Å²) in [6, 6.07) is 23.3. The molecule has 6 heteroatoms. The van der Waals surface area contributed by atoms with Crippen LogP contribution in [0, 0.1) is 20.8 Å². The summed E-state index contributed by atoms with van der Waals surface area (Å²) in [7, 11) is -3.73. The molecule has 4 rings (SSSR count). The van der Waals surface area contributed by atoms with Crippen LogP contribution in [-0.2, 0) is 23.0 Å². The molecule has 0 saturated heterocycles. The molecule has 0 saturated carbocycles. The van der Waals surface area contributed by atoms with E-state index in [1.165, 1.54) is 0 Å². The fourth-order valence-electron chi connectivity index (χ4n) is 4.47. The zero-order chi connectivity index (χ0) is 25.0. The molecule has 0 aliphatic rings. The second-order valence-electron chi connectivity index (χ2n) is 8.88. The molecule has 4 nitrogen and oxygen atoms in total. The van der Waals surface area contributed by atoms with Crippen molar-refractivity contribution in [2.75, 3.05) is 6.54 Å². The van der Waals surface area contributed by atoms with Crippen LogP contribution in [-0.4, -0.2) is 24.3 Å². The number of benzene rings is 3. The van der Waals surface area contributed by atoms with Crippen molar-refractivity contribution in [3.8, 4) is 11.1 Å². The Kier molecular flexibility index (Phi) is 7.70. The first-order valence-electron chi connectivity index (χ1n) is 11.6. The second kappa shape index (κ2) is 10.7. The minimum Gasteiger partial charge on any atom is -0.264 e. The lowest BCUT2D eigenvalue weighted by molar-refractivity contribution is 0.409. The molecule has 0 radical (unpaired) electrons. The Bertz CT molecular complexity index is 1400. The standard InChI is InChI=1S/C29H29ClN2O2S/c1-21-16-22(2)29(23(3)17-21)35(33,34)32(15-13-24-6-4-8-28(30)18-24)20-25-9-11-26(12-10-25)27-7-5-14-31-19-27/h4-12,14,16-19H,13,15,20H2,1-3H3. The van der Waals surface area contributed by atoms with Crippen LogP contribution in [0.15, 0.2) is 90.1 Å². The summed E-state index contributed by atoms with van der Waals surface area (Å²) in [5.74, 6) is 0. The Morgan fingerprint density at radius 1 is 0.829 bits per heavy atom. The van der Waals surface area contributed by atoms with Gasteiger partial charge in [0.2, 0.25) is 10.0 Å². The van der Waals surface area contributed by atoms with Crippen molar-refractivity contribution in [3.63, 3.8) is 0 Å². The van der Waals surface area contributed by atoms with Crippen LogP contribution in [0.2, 0.25) is 5.02 Å². The Hall–Kier alpha value is -2.99. The van der Waals surface area contributed by atoms with E-state index in [1.807, 2.05) is 99.8 Å². The molecule has 0 spiro atoms. The Morgan fingerprint density at radius 3 is 2.17 bits per heavy atom. The Labute approximate surface area is 213 Å². The normalized spacial score (nSPS) is 11.7. The highest BCUT2D eigenvalue weighted by molar-refractivity contribution is 7.89. The summed E-state index contributed by atoms with van der Waals surface area (Å²) < 4.78 is 29.5. The average molecular weight is 505 g/mol. The van der Waals surface area contributed by atoms with E-state index in [4.69, 9.17) is 11.6 Å². The van der Waals surface area contributed by atoms with Gasteiger partial charge in [-0.05, 0) is 78.8 Å². The van der Waals surface area contributed by atoms with E-state index in [1.54, 1.807) is 10.5 Å². The highest BCUT2D eigenvalue weighted by atomic mass is 35.5. The molecular formula is C29H29ClN2O2S. The lowest BCUT2D eigenvalue weighted by atomic mass is 10.1. The SMILES string of the molecule is Cc1cc(C)c(S(=O)(=O)N(CCc2cccc(Cl)c2)Cc2ccc(-c3cccnc3)cc2)c(C)c1. The average Bonchev–Trinajstić information content (AvgIpc) is 2.82. The summed E-state index contributed by atoms with van der Waals surface area (Å²) in [6.07, 6.45) is 4.13. The van der Waals surface area contributed by atoms with E-state index in [9.17, 15) is 8.42 Å². The topological polar surface area (TPSA) is 50.3 Å². The van der Waals surface area contributed by atoms with E-state index in [0.29, 0.717) is 22.9 Å². The van der Waals surface area contributed by atoms with Crippen molar-refractivity contribution >= 4 is 21.6 Å². The lowest BCUT2D eigenvalue weighted by Gasteiger charge is -2.25. The fourth-order valence-corrected chi connectivity index (χ4v) is 6.53. The number of pyridine rings is 1. The van der Waals surface area contributed by atoms with Gasteiger partial charge >= 0.3 is 0 Å². The zero-order valence-electron chi connectivity index (χ0n) is 20.2. The lowest BCUT2D eigenvalue weighted by Crippen LogP contribution is -2.33. The third-order valence-electron chi connectivity index (χ3n) is 6.05. The molecule has 0 atom stereocenters. The zero-order valence-corrected chi connectivity index (χ0v) is 21.8. The monoisotopic (exact) mass is 504 g/mol. The van der Waals surface area contributed by atoms with Gasteiger partial charge in [0.1, 0.15) is 0 Å². The van der Waals surface area contributed by atoms with Crippen LogP contribution in [0.4, 0.5) is 0 Å². The first-order valence-corrected chi connectivity index (χ1v) is 13.4. The van der Waals surface area contributed by atoms with Crippen LogP contribution in [0.3, 0.4) is 0 Å². The fraction of sp³-hybridized carbons (Fsp3) is 0.207. The molecule has 180 valence electrons. The number of hydrogen-bond donors (Lipinski definition) is 0. The quantitative estimate of drug-likeness (QED) is 0.266. The Balaban J connectivity index is 1.66. The molecule has 0 unspecified atom stereocenters. The van der Waals surface area contributed by atoms with Gasteiger partial charge in [0.15, 0.2) is 0 Å². The molecule has 0 aliphatic heterocycles. The third kappa shape index (κ3) is 5.99. The van der Waals surface area contributed by atoms with E-state index in [2.05, 4.69) is 4.98 Å². The van der Waals surface area contributed by atoms with Gasteiger partial charge in [0.05, 0.1) is 4.90 Å². The minimum atomic E-state index is -3.73. The number of hydrogen-bond acceptors (Lipinski definition) is 3. The molecule has 1 aromatic heterocycles. The van der Waals surface area contributed by atoms with E-state index >= 15 is 0 Å². The maximum Gasteiger partial charge on any atom is 0.243 e. The van der Waals surface area contributed by atoms with Crippen molar-refractivity contribution in [3.05, 3.63) is 118 Å². The summed E-state index contributed by atoms with van der Waals surface area (Å²) >= 11 is 6.16. The van der Waals surface area contributed by atoms with Crippen molar-refractivity contribution in [1.82, 2.24) is 9.29 Å². The minimum absolute atomic E-state index is 0.281. The van der Waals surface area contributed by atoms with Gasteiger partial charge in [-0.25, -0.2) is 8.42 Å². The van der Waals surface area contributed by atoms with Crippen LogP contribution < -0.4 is 0 Å². The van der Waals surface area contributed by atoms with Crippen molar-refractivity contribution < 1.29 is 8.42 Å². The number of aromatic nitrogens is 1. The van der Waals surface area contributed by atoms with Gasteiger partial charge in [-0.3, -0.25) is 4.98 Å². The van der Waals surface area contributed by atoms with Gasteiger partial charge in [0.25, 0.3) is 0 Å². The molecule has 0 N–H and O–H groups in total. The van der Waals surface area contributed by atoms with Crippen molar-refractivity contribution in [2.45, 2.75) is 38.6 Å². The molecule has 1 heterocycles. The van der Waals surface area contributed by atoms with Crippen molar-refractivity contribution in [1.29, 1.82) is 0 Å². The molecule has 3 aromatic carbocycles. The molecular weight excluding hydrogens is 476 g/mol. The molecule has 0 bridgehead atoms. The molecule has 0 amide bonds. The van der Waals surface area contributed by atoms with Crippen LogP contribution in [0.5, 0.6) is 0 Å². The smallest absolute Gasteiger partial charge is 0.243 e. The molecule has 4 aromatic rings. The number of sulfonamides is 1. The second-order valence-corrected chi connectivity index (χ2v) is 11.2. The van der Waals surface area contributed by atoms with Crippen LogP contribution in [0.25, 0.3) is 11.1 Å². The maximum absolute atomic E-state index is 14.0. The van der Waals surface area contributed by atoms with Crippen LogP contribution in [0.1, 0.15) is 27.8 Å². The van der Waals surface area contributed by atoms with Crippen molar-refractivity contribution in [2.24, 2.45) is 0 Å². The van der Waals surface area contributed by atoms with E-state index < -0.39 is 10.0 Å². The predicted molar refractivity (Wildman–Crippen MR) is 143 cm³/mol. The summed E-state index contributed by atoms with van der Waals surface area (Å²) in [5, 5.41) is 0.646. The molecule has 0 aliphatic carbocycles. The van der Waals surface area contributed by atoms with Gasteiger partial charge in [-0.15, -0.1) is 0 Å². The van der Waals surface area contributed by atoms with Gasteiger partial charge in [0, 0.05) is 30.5 Å². The highest BCUT2D eigenvalue weighted by Gasteiger charge is 2.28. The van der Waals surface area contributed by atoms with E-state index in [0.717, 1.165) is 38.9 Å². The number of rotatable bonds is 8. The maximum atomic E-state index is 14.0. The van der Waals surface area contributed by atoms with Gasteiger partial charge < -0.3 is 0 Å². The summed E-state index contributed by atoms with van der Waals surface area (Å²) in [5.41, 5.74) is 6.58. The first kappa shape index (κ1) is 25.1. The number of nitrogens with zero attached hydrogens (tertiary/aromatic N) is 2. The predicted octanol–water partition coefficient (Wildman–Crippen LogP) is 6.76. The third-order valence-corrected chi connectivity index (χ3v) is 8.44. The number of aryl methyl sites for hydroxylation is 3. The van der Waals surface area contributed by atoms with E-state index in [-0.39, 0.29) is 6.54 Å². The first-order chi connectivity index (χ1) is 16.7.